The highest BCUT2D eigenvalue weighted by Gasteiger charge is 2.59. The van der Waals surface area contributed by atoms with E-state index in [1.165, 1.54) is 0 Å². The van der Waals surface area contributed by atoms with Crippen LogP contribution in [0.25, 0.3) is 0 Å². The number of carbonyl (C=O) groups excluding carboxylic acids is 1. The molecule has 1 saturated heterocycles. The van der Waals surface area contributed by atoms with E-state index in [4.69, 9.17) is 9.47 Å². The van der Waals surface area contributed by atoms with Gasteiger partial charge in [0, 0.05) is 43.6 Å². The fourth-order valence-corrected chi connectivity index (χ4v) is 4.33. The molecule has 1 amide bonds. The lowest BCUT2D eigenvalue weighted by Crippen LogP contribution is -2.68. The Hall–Kier alpha value is -1.50. The van der Waals surface area contributed by atoms with Crippen LogP contribution in [0.15, 0.2) is 4.99 Å². The van der Waals surface area contributed by atoms with E-state index in [1.807, 2.05) is 20.8 Å². The molecule has 0 spiro atoms. The second-order valence-corrected chi connectivity index (χ2v) is 9.63. The van der Waals surface area contributed by atoms with E-state index in [2.05, 4.69) is 41.7 Å². The van der Waals surface area contributed by atoms with Gasteiger partial charge in [0.25, 0.3) is 0 Å². The number of hydrogen-bond donors (Lipinski definition) is 3. The molecule has 1 heterocycles. The van der Waals surface area contributed by atoms with Gasteiger partial charge >= 0.3 is 6.09 Å². The van der Waals surface area contributed by atoms with Crippen molar-refractivity contribution in [2.45, 2.75) is 91.0 Å². The van der Waals surface area contributed by atoms with Crippen molar-refractivity contribution in [1.82, 2.24) is 16.0 Å². The summed E-state index contributed by atoms with van der Waals surface area (Å²) in [5.74, 6) is 1.33. The van der Waals surface area contributed by atoms with Crippen LogP contribution in [-0.2, 0) is 9.47 Å². The minimum absolute atomic E-state index is 0.0897. The molecule has 1 aliphatic heterocycles. The third-order valence-corrected chi connectivity index (χ3v) is 5.75. The molecule has 7 nitrogen and oxygen atoms in total. The summed E-state index contributed by atoms with van der Waals surface area (Å²) in [5, 5.41) is 10.00. The first-order valence-electron chi connectivity index (χ1n) is 10.7. The highest BCUT2D eigenvalue weighted by Crippen LogP contribution is 2.52. The highest BCUT2D eigenvalue weighted by molar-refractivity contribution is 5.80. The van der Waals surface area contributed by atoms with Crippen molar-refractivity contribution in [3.8, 4) is 0 Å². The number of fused-ring (bicyclic) bond motifs is 1. The SMILES string of the molecule is CCCCC(CNC(=O)OC(C)(C)C)NC(=NC)NC1C2CCOC2C1(C)C. The Morgan fingerprint density at radius 1 is 1.36 bits per heavy atom. The van der Waals surface area contributed by atoms with Crippen molar-refractivity contribution >= 4 is 12.1 Å². The summed E-state index contributed by atoms with van der Waals surface area (Å²) in [6.45, 7) is 13.6. The van der Waals surface area contributed by atoms with Crippen LogP contribution in [0.5, 0.6) is 0 Å². The Bertz CT molecular complexity index is 556. The van der Waals surface area contributed by atoms with Gasteiger partial charge in [-0.15, -0.1) is 0 Å². The minimum atomic E-state index is -0.496. The molecular formula is C21H40N4O3. The van der Waals surface area contributed by atoms with Crippen molar-refractivity contribution in [2.75, 3.05) is 20.2 Å². The van der Waals surface area contributed by atoms with Gasteiger partial charge in [-0.05, 0) is 33.6 Å². The van der Waals surface area contributed by atoms with E-state index in [9.17, 15) is 4.79 Å². The summed E-state index contributed by atoms with van der Waals surface area (Å²) >= 11 is 0. The number of rotatable bonds is 7. The Kier molecular flexibility index (Phi) is 7.59. The number of guanidine groups is 1. The molecule has 0 aromatic carbocycles. The molecule has 1 aliphatic carbocycles. The van der Waals surface area contributed by atoms with Gasteiger partial charge in [0.1, 0.15) is 5.60 Å². The number of alkyl carbamates (subject to hydrolysis) is 1. The molecule has 4 atom stereocenters. The predicted octanol–water partition coefficient (Wildman–Crippen LogP) is 3.05. The first-order valence-corrected chi connectivity index (χ1v) is 10.7. The zero-order valence-electron chi connectivity index (χ0n) is 18.7. The number of amides is 1. The Balaban J connectivity index is 1.91. The van der Waals surface area contributed by atoms with Crippen molar-refractivity contribution < 1.29 is 14.3 Å². The van der Waals surface area contributed by atoms with Crippen LogP contribution in [0.3, 0.4) is 0 Å². The maximum atomic E-state index is 12.0. The first-order chi connectivity index (χ1) is 13.1. The minimum Gasteiger partial charge on any atom is -0.444 e. The first kappa shape index (κ1) is 22.8. The smallest absolute Gasteiger partial charge is 0.407 e. The maximum absolute atomic E-state index is 12.0. The lowest BCUT2D eigenvalue weighted by Gasteiger charge is -2.55. The molecule has 0 bridgehead atoms. The number of nitrogens with zero attached hydrogens (tertiary/aromatic N) is 1. The molecule has 162 valence electrons. The van der Waals surface area contributed by atoms with E-state index in [-0.39, 0.29) is 17.6 Å². The van der Waals surface area contributed by atoms with Gasteiger partial charge in [0.05, 0.1) is 6.10 Å². The highest BCUT2D eigenvalue weighted by atomic mass is 16.6. The predicted molar refractivity (Wildman–Crippen MR) is 113 cm³/mol. The van der Waals surface area contributed by atoms with Gasteiger partial charge in [-0.25, -0.2) is 4.79 Å². The van der Waals surface area contributed by atoms with E-state index in [0.29, 0.717) is 24.6 Å². The summed E-state index contributed by atoms with van der Waals surface area (Å²) in [7, 11) is 1.79. The van der Waals surface area contributed by atoms with E-state index in [1.54, 1.807) is 7.05 Å². The number of hydrogen-bond acceptors (Lipinski definition) is 4. The van der Waals surface area contributed by atoms with Crippen LogP contribution in [0.2, 0.25) is 0 Å². The molecule has 2 aliphatic rings. The van der Waals surface area contributed by atoms with Gasteiger partial charge in [-0.3, -0.25) is 4.99 Å². The van der Waals surface area contributed by atoms with Crippen LogP contribution >= 0.6 is 0 Å². The monoisotopic (exact) mass is 396 g/mol. The largest absolute Gasteiger partial charge is 0.444 e. The fourth-order valence-electron chi connectivity index (χ4n) is 4.33. The molecule has 2 fully saturated rings. The topological polar surface area (TPSA) is 84.0 Å². The molecule has 7 heteroatoms. The standard InChI is InChI=1S/C21H40N4O3/c1-8-9-10-14(13-23-19(26)28-20(2,3)4)24-18(22-7)25-16-15-11-12-27-17(15)21(16,5)6/h14-17H,8-13H2,1-7H3,(H,23,26)(H2,22,24,25). The molecular weight excluding hydrogens is 356 g/mol. The quantitative estimate of drug-likeness (QED) is 0.455. The van der Waals surface area contributed by atoms with E-state index in [0.717, 1.165) is 38.2 Å². The third-order valence-electron chi connectivity index (χ3n) is 5.75. The summed E-state index contributed by atoms with van der Waals surface area (Å²) in [5.41, 5.74) is -0.407. The van der Waals surface area contributed by atoms with Gasteiger partial charge in [-0.1, -0.05) is 33.6 Å². The van der Waals surface area contributed by atoms with E-state index < -0.39 is 5.60 Å². The van der Waals surface area contributed by atoms with Gasteiger partial charge in [0.15, 0.2) is 5.96 Å². The molecule has 1 saturated carbocycles. The molecule has 28 heavy (non-hydrogen) atoms. The van der Waals surface area contributed by atoms with Crippen LogP contribution < -0.4 is 16.0 Å². The lowest BCUT2D eigenvalue weighted by molar-refractivity contribution is -0.106. The summed E-state index contributed by atoms with van der Waals surface area (Å²) < 4.78 is 11.2. The van der Waals surface area contributed by atoms with Crippen LogP contribution in [-0.4, -0.2) is 56.0 Å². The third kappa shape index (κ3) is 5.75. The van der Waals surface area contributed by atoms with Gasteiger partial charge < -0.3 is 25.4 Å². The molecule has 4 unspecified atom stereocenters. The number of carbonyl (C=O) groups is 1. The number of unbranched alkanes of at least 4 members (excludes halogenated alkanes) is 1. The molecule has 0 aromatic rings. The maximum Gasteiger partial charge on any atom is 0.407 e. The summed E-state index contributed by atoms with van der Waals surface area (Å²) in [6, 6.07) is 0.439. The van der Waals surface area contributed by atoms with Crippen LogP contribution in [0, 0.1) is 11.3 Å². The molecule has 0 radical (unpaired) electrons. The van der Waals surface area contributed by atoms with Crippen LogP contribution in [0.4, 0.5) is 4.79 Å². The second-order valence-electron chi connectivity index (χ2n) is 9.63. The number of aliphatic imine (C=N–C) groups is 1. The van der Waals surface area contributed by atoms with Crippen molar-refractivity contribution in [1.29, 1.82) is 0 Å². The average Bonchev–Trinajstić information content (AvgIpc) is 3.05. The molecule has 0 aromatic heterocycles. The fraction of sp³-hybridized carbons (Fsp3) is 0.905. The Labute approximate surface area is 170 Å². The van der Waals surface area contributed by atoms with E-state index >= 15 is 0 Å². The second kappa shape index (κ2) is 9.33. The normalized spacial score (nSPS) is 27.4. The van der Waals surface area contributed by atoms with Crippen molar-refractivity contribution in [3.05, 3.63) is 0 Å². The molecule has 2 rings (SSSR count). The average molecular weight is 397 g/mol. The lowest BCUT2D eigenvalue weighted by atomic mass is 9.57. The Morgan fingerprint density at radius 2 is 2.07 bits per heavy atom. The van der Waals surface area contributed by atoms with Crippen LogP contribution in [0.1, 0.15) is 67.2 Å². The molecule has 3 N–H and O–H groups in total. The number of ether oxygens (including phenoxy) is 2. The van der Waals surface area contributed by atoms with Crippen molar-refractivity contribution in [3.63, 3.8) is 0 Å². The zero-order valence-corrected chi connectivity index (χ0v) is 18.7. The van der Waals surface area contributed by atoms with Crippen molar-refractivity contribution in [2.24, 2.45) is 16.3 Å². The van der Waals surface area contributed by atoms with Gasteiger partial charge in [-0.2, -0.15) is 0 Å². The number of nitrogens with one attached hydrogen (secondary N) is 3. The Morgan fingerprint density at radius 3 is 2.68 bits per heavy atom. The zero-order chi connectivity index (χ0) is 20.9. The summed E-state index contributed by atoms with van der Waals surface area (Å²) in [6.07, 6.45) is 4.20. The van der Waals surface area contributed by atoms with Gasteiger partial charge in [0.2, 0.25) is 0 Å². The summed E-state index contributed by atoms with van der Waals surface area (Å²) in [4.78, 5) is 16.4.